The number of alkyl halides is 18. The average Bonchev–Trinajstić information content (AvgIpc) is 2.78. The minimum atomic E-state index is -6.28. The van der Waals surface area contributed by atoms with Gasteiger partial charge in [-0.3, -0.25) is 0 Å². The number of hydrogen-bond acceptors (Lipinski definition) is 6. The molecule has 0 amide bonds. The van der Waals surface area contributed by atoms with E-state index in [0.717, 1.165) is 0 Å². The van der Waals surface area contributed by atoms with Gasteiger partial charge < -0.3 is 0 Å². The average molecular weight is 642 g/mol. The third-order valence-corrected chi connectivity index (χ3v) is 5.00. The highest BCUT2D eigenvalue weighted by molar-refractivity contribution is 6.23. The molecule has 0 fully saturated rings. The van der Waals surface area contributed by atoms with E-state index in [9.17, 15) is 79.0 Å². The van der Waals surface area contributed by atoms with Crippen molar-refractivity contribution in [3.05, 3.63) is 34.6 Å². The third kappa shape index (κ3) is 5.20. The number of benzene rings is 1. The SMILES string of the molecule is FC(F)(F)c1nc(C(F)(F)F)c2c(n1)c1c(C(F)(F)F)nc(C(F)(F)F)nc1c1c(C(F)(F)F)nc(C(F)(F)F)nc21. The van der Waals surface area contributed by atoms with Crippen LogP contribution in [0, 0.1) is 0 Å². The van der Waals surface area contributed by atoms with Crippen LogP contribution in [0.25, 0.3) is 32.7 Å². The first-order valence-electron chi connectivity index (χ1n) is 9.83. The topological polar surface area (TPSA) is 77.3 Å². The normalized spacial score (nSPS) is 14.4. The molecule has 0 aliphatic carbocycles. The lowest BCUT2D eigenvalue weighted by Crippen LogP contribution is -2.22. The molecule has 24 heteroatoms. The maximum Gasteiger partial charge on any atom is 0.451 e. The molecule has 0 aliphatic heterocycles. The largest absolute Gasteiger partial charge is 0.451 e. The molecule has 228 valence electrons. The van der Waals surface area contributed by atoms with Crippen LogP contribution in [0.5, 0.6) is 0 Å². The van der Waals surface area contributed by atoms with Crippen molar-refractivity contribution in [3.8, 4) is 0 Å². The van der Waals surface area contributed by atoms with Crippen LogP contribution in [0.4, 0.5) is 79.0 Å². The molecular weight excluding hydrogens is 642 g/mol. The van der Waals surface area contributed by atoms with Crippen LogP contribution >= 0.6 is 0 Å². The van der Waals surface area contributed by atoms with E-state index in [1.165, 1.54) is 0 Å². The van der Waals surface area contributed by atoms with E-state index in [4.69, 9.17) is 0 Å². The van der Waals surface area contributed by atoms with E-state index in [2.05, 4.69) is 15.0 Å². The number of nitrogens with zero attached hydrogens (tertiary/aromatic N) is 6. The molecule has 0 saturated carbocycles. The third-order valence-electron chi connectivity index (χ3n) is 5.00. The summed E-state index contributed by atoms with van der Waals surface area (Å²) in [5.41, 5.74) is -16.2. The summed E-state index contributed by atoms with van der Waals surface area (Å²) in [5, 5.41) is -7.24. The standard InChI is InChI=1S/C18F18N6/c19-13(20,21)7-1-4(37-10(40-7)16(28,29)30)2-6(39-12(18(34,35)36)42-9(2)15(25,26)27)3-5(1)38-11(17(31,32)33)41-8(3)14(22,23)24. The zero-order chi connectivity index (χ0) is 32.2. The van der Waals surface area contributed by atoms with Crippen LogP contribution in [-0.2, 0) is 37.1 Å². The van der Waals surface area contributed by atoms with Gasteiger partial charge in [0.15, 0.2) is 17.1 Å². The second kappa shape index (κ2) is 8.75. The first kappa shape index (κ1) is 30.9. The maximum atomic E-state index is 13.9. The summed E-state index contributed by atoms with van der Waals surface area (Å²) < 4.78 is 245. The van der Waals surface area contributed by atoms with Crippen LogP contribution in [-0.4, -0.2) is 29.9 Å². The van der Waals surface area contributed by atoms with Crippen LogP contribution in [0.15, 0.2) is 0 Å². The highest BCUT2D eigenvalue weighted by atomic mass is 19.4. The van der Waals surface area contributed by atoms with Gasteiger partial charge in [-0.15, -0.1) is 0 Å². The predicted molar refractivity (Wildman–Crippen MR) is 95.7 cm³/mol. The molecule has 3 aromatic heterocycles. The first-order valence-corrected chi connectivity index (χ1v) is 9.83. The molecule has 4 rings (SSSR count). The van der Waals surface area contributed by atoms with Crippen molar-refractivity contribution in [3.63, 3.8) is 0 Å². The Balaban J connectivity index is 2.60. The Hall–Kier alpha value is -4.02. The van der Waals surface area contributed by atoms with E-state index in [0.29, 0.717) is 0 Å². The van der Waals surface area contributed by atoms with E-state index < -0.39 is 104 Å². The maximum absolute atomic E-state index is 13.9. The summed E-state index contributed by atoms with van der Waals surface area (Å²) in [6.07, 6.45) is -37.1. The van der Waals surface area contributed by atoms with Gasteiger partial charge in [-0.1, -0.05) is 0 Å². The molecule has 6 nitrogen and oxygen atoms in total. The lowest BCUT2D eigenvalue weighted by molar-refractivity contribution is -0.152. The molecule has 42 heavy (non-hydrogen) atoms. The van der Waals surface area contributed by atoms with Crippen molar-refractivity contribution in [2.45, 2.75) is 37.1 Å². The van der Waals surface area contributed by atoms with Gasteiger partial charge in [0.1, 0.15) is 0 Å². The Morgan fingerprint density at radius 2 is 0.452 bits per heavy atom. The van der Waals surface area contributed by atoms with Gasteiger partial charge in [0, 0.05) is 0 Å². The van der Waals surface area contributed by atoms with Crippen molar-refractivity contribution < 1.29 is 79.0 Å². The second-order valence-electron chi connectivity index (χ2n) is 7.84. The zero-order valence-electron chi connectivity index (χ0n) is 18.5. The molecule has 0 aliphatic rings. The minimum Gasteiger partial charge on any atom is -0.223 e. The van der Waals surface area contributed by atoms with E-state index >= 15 is 0 Å². The number of fused-ring (bicyclic) bond motifs is 6. The van der Waals surface area contributed by atoms with E-state index in [-0.39, 0.29) is 0 Å². The lowest BCUT2D eigenvalue weighted by Gasteiger charge is -2.21. The lowest BCUT2D eigenvalue weighted by atomic mass is 9.99. The van der Waals surface area contributed by atoms with Gasteiger partial charge in [-0.05, 0) is 0 Å². The van der Waals surface area contributed by atoms with Gasteiger partial charge in [-0.2, -0.15) is 79.0 Å². The molecule has 0 atom stereocenters. The smallest absolute Gasteiger partial charge is 0.223 e. The summed E-state index contributed by atoms with van der Waals surface area (Å²) in [6, 6.07) is 0. The second-order valence-corrected chi connectivity index (χ2v) is 7.84. The Kier molecular flexibility index (Phi) is 6.44. The van der Waals surface area contributed by atoms with Gasteiger partial charge in [0.2, 0.25) is 17.5 Å². The molecule has 0 radical (unpaired) electrons. The van der Waals surface area contributed by atoms with Gasteiger partial charge >= 0.3 is 37.1 Å². The summed E-state index contributed by atoms with van der Waals surface area (Å²) >= 11 is 0. The van der Waals surface area contributed by atoms with Crippen molar-refractivity contribution in [1.29, 1.82) is 0 Å². The molecule has 0 unspecified atom stereocenters. The molecular formula is C18F18N6. The molecule has 1 aromatic carbocycles. The monoisotopic (exact) mass is 642 g/mol. The van der Waals surface area contributed by atoms with Crippen molar-refractivity contribution >= 4 is 32.7 Å². The van der Waals surface area contributed by atoms with Gasteiger partial charge in [-0.25, -0.2) is 29.9 Å². The fourth-order valence-corrected chi connectivity index (χ4v) is 3.59. The van der Waals surface area contributed by atoms with Crippen molar-refractivity contribution in [2.75, 3.05) is 0 Å². The van der Waals surface area contributed by atoms with Crippen molar-refractivity contribution in [1.82, 2.24) is 29.9 Å². The van der Waals surface area contributed by atoms with Gasteiger partial charge in [0.05, 0.1) is 32.7 Å². The first-order chi connectivity index (χ1) is 18.6. The molecule has 0 bridgehead atoms. The highest BCUT2D eigenvalue weighted by Gasteiger charge is 2.49. The Morgan fingerprint density at radius 1 is 0.262 bits per heavy atom. The Labute approximate surface area is 214 Å². The van der Waals surface area contributed by atoms with Gasteiger partial charge in [0.25, 0.3) is 0 Å². The van der Waals surface area contributed by atoms with E-state index in [1.807, 2.05) is 15.0 Å². The molecule has 0 N–H and O–H groups in total. The van der Waals surface area contributed by atoms with Crippen LogP contribution < -0.4 is 0 Å². The fourth-order valence-electron chi connectivity index (χ4n) is 3.59. The molecule has 4 aromatic rings. The highest BCUT2D eigenvalue weighted by Crippen LogP contribution is 2.48. The summed E-state index contributed by atoms with van der Waals surface area (Å²) in [5.74, 6) is -8.80. The Bertz CT molecular complexity index is 1510. The van der Waals surface area contributed by atoms with Crippen LogP contribution in [0.3, 0.4) is 0 Å². The summed E-state index contributed by atoms with van der Waals surface area (Å²) in [7, 11) is 0. The fraction of sp³-hybridized carbons (Fsp3) is 0.333. The number of aromatic nitrogens is 6. The molecule has 3 heterocycles. The molecule has 0 saturated heterocycles. The summed E-state index contributed by atoms with van der Waals surface area (Å²) in [4.78, 5) is 13.4. The number of halogens is 18. The minimum absolute atomic E-state index is 2.05. The van der Waals surface area contributed by atoms with Crippen LogP contribution in [0.1, 0.15) is 34.6 Å². The number of rotatable bonds is 0. The summed E-state index contributed by atoms with van der Waals surface area (Å²) in [6.45, 7) is 0. The Morgan fingerprint density at radius 3 is 0.595 bits per heavy atom. The predicted octanol–water partition coefficient (Wildman–Crippen LogP) is 7.63. The van der Waals surface area contributed by atoms with Crippen molar-refractivity contribution in [2.24, 2.45) is 0 Å². The van der Waals surface area contributed by atoms with Crippen LogP contribution in [0.2, 0.25) is 0 Å². The zero-order valence-corrected chi connectivity index (χ0v) is 18.5. The quantitative estimate of drug-likeness (QED) is 0.145. The number of hydrogen-bond donors (Lipinski definition) is 0. The molecule has 0 spiro atoms. The van der Waals surface area contributed by atoms with E-state index in [1.54, 1.807) is 0 Å².